The van der Waals surface area contributed by atoms with Crippen LogP contribution >= 0.6 is 11.6 Å². The summed E-state index contributed by atoms with van der Waals surface area (Å²) >= 11 is 6.13. The second-order valence-electron chi connectivity index (χ2n) is 6.92. The average Bonchev–Trinajstić information content (AvgIpc) is 2.97. The van der Waals surface area contributed by atoms with E-state index in [2.05, 4.69) is 10.6 Å². The highest BCUT2D eigenvalue weighted by atomic mass is 35.5. The van der Waals surface area contributed by atoms with Crippen LogP contribution in [0.2, 0.25) is 5.02 Å². The van der Waals surface area contributed by atoms with E-state index in [1.807, 2.05) is 19.1 Å². The smallest absolute Gasteiger partial charge is 0.321 e. The summed E-state index contributed by atoms with van der Waals surface area (Å²) in [5.41, 5.74) is 1.42. The molecule has 1 atom stereocenters. The van der Waals surface area contributed by atoms with Crippen molar-refractivity contribution in [2.45, 2.75) is 19.8 Å². The molecule has 25 heavy (non-hydrogen) atoms. The molecule has 3 rings (SSSR count). The fraction of sp³-hybridized carbons (Fsp3) is 0.556. The largest absolute Gasteiger partial charge is 0.381 e. The summed E-state index contributed by atoms with van der Waals surface area (Å²) in [5.74, 6) is -0.204. The third kappa shape index (κ3) is 3.60. The van der Waals surface area contributed by atoms with Gasteiger partial charge in [0.25, 0.3) is 0 Å². The molecule has 1 aromatic rings. The molecule has 2 fully saturated rings. The molecule has 1 unspecified atom stereocenters. The first kappa shape index (κ1) is 18.0. The summed E-state index contributed by atoms with van der Waals surface area (Å²) in [6, 6.07) is 5.24. The number of anilines is 1. The fourth-order valence-corrected chi connectivity index (χ4v) is 4.00. The number of likely N-dealkylation sites (tertiary alicyclic amines) is 1. The van der Waals surface area contributed by atoms with Gasteiger partial charge in [0.2, 0.25) is 5.91 Å². The van der Waals surface area contributed by atoms with Crippen LogP contribution in [0.1, 0.15) is 18.4 Å². The van der Waals surface area contributed by atoms with Crippen LogP contribution in [0.4, 0.5) is 10.5 Å². The molecule has 1 spiro atoms. The van der Waals surface area contributed by atoms with E-state index in [0.717, 1.165) is 18.4 Å². The third-order valence-electron chi connectivity index (χ3n) is 5.41. The van der Waals surface area contributed by atoms with Gasteiger partial charge in [-0.25, -0.2) is 4.79 Å². The van der Waals surface area contributed by atoms with Gasteiger partial charge in [0.05, 0.1) is 5.92 Å². The van der Waals surface area contributed by atoms with E-state index in [1.165, 1.54) is 0 Å². The van der Waals surface area contributed by atoms with Crippen molar-refractivity contribution in [2.24, 2.45) is 11.3 Å². The quantitative estimate of drug-likeness (QED) is 0.846. The number of benzene rings is 1. The Morgan fingerprint density at radius 1 is 1.32 bits per heavy atom. The molecule has 0 radical (unpaired) electrons. The standard InChI is InChI=1S/C18H24ClN3O3/c1-12-3-4-13(9-15(12)19)21-17(24)22-10-14(16(23)20-2)18(11-22)5-7-25-8-6-18/h3-4,9,14H,5-8,10-11H2,1-2H3,(H,20,23)(H,21,24). The molecular weight excluding hydrogens is 342 g/mol. The van der Waals surface area contributed by atoms with Crippen LogP contribution in [-0.4, -0.2) is 50.2 Å². The third-order valence-corrected chi connectivity index (χ3v) is 5.82. The van der Waals surface area contributed by atoms with E-state index in [1.54, 1.807) is 18.0 Å². The van der Waals surface area contributed by atoms with E-state index < -0.39 is 0 Å². The van der Waals surface area contributed by atoms with Crippen LogP contribution in [0.25, 0.3) is 0 Å². The van der Waals surface area contributed by atoms with Gasteiger partial charge in [-0.1, -0.05) is 17.7 Å². The Bertz CT molecular complexity index is 674. The summed E-state index contributed by atoms with van der Waals surface area (Å²) in [7, 11) is 1.65. The van der Waals surface area contributed by atoms with Crippen molar-refractivity contribution in [1.82, 2.24) is 10.2 Å². The van der Waals surface area contributed by atoms with Gasteiger partial charge in [0, 0.05) is 49.5 Å². The van der Waals surface area contributed by atoms with E-state index in [-0.39, 0.29) is 23.3 Å². The average molecular weight is 366 g/mol. The van der Waals surface area contributed by atoms with Crippen molar-refractivity contribution in [2.75, 3.05) is 38.7 Å². The molecule has 2 aliphatic heterocycles. The van der Waals surface area contributed by atoms with Crippen LogP contribution in [0.3, 0.4) is 0 Å². The minimum atomic E-state index is -0.200. The number of ether oxygens (including phenoxy) is 1. The first-order chi connectivity index (χ1) is 11.9. The fourth-order valence-electron chi connectivity index (χ4n) is 3.82. The van der Waals surface area contributed by atoms with Gasteiger partial charge in [-0.3, -0.25) is 4.79 Å². The molecule has 1 aromatic carbocycles. The number of carbonyl (C=O) groups excluding carboxylic acids is 2. The predicted molar refractivity (Wildman–Crippen MR) is 96.8 cm³/mol. The topological polar surface area (TPSA) is 70.7 Å². The van der Waals surface area contributed by atoms with Crippen molar-refractivity contribution >= 4 is 29.2 Å². The van der Waals surface area contributed by atoms with E-state index in [9.17, 15) is 9.59 Å². The van der Waals surface area contributed by atoms with Gasteiger partial charge in [-0.05, 0) is 37.5 Å². The van der Waals surface area contributed by atoms with Crippen LogP contribution < -0.4 is 10.6 Å². The zero-order valence-electron chi connectivity index (χ0n) is 14.6. The number of rotatable bonds is 2. The number of aryl methyl sites for hydroxylation is 1. The number of urea groups is 1. The SMILES string of the molecule is CNC(=O)C1CN(C(=O)Nc2ccc(C)c(Cl)c2)CC12CCOCC2. The summed E-state index contributed by atoms with van der Waals surface area (Å²) in [6.07, 6.45) is 1.59. The Morgan fingerprint density at radius 3 is 2.68 bits per heavy atom. The lowest BCUT2D eigenvalue weighted by molar-refractivity contribution is -0.129. The van der Waals surface area contributed by atoms with Crippen LogP contribution in [0.15, 0.2) is 18.2 Å². The van der Waals surface area contributed by atoms with Gasteiger partial charge in [0.15, 0.2) is 0 Å². The molecule has 0 aromatic heterocycles. The summed E-state index contributed by atoms with van der Waals surface area (Å²) in [4.78, 5) is 26.8. The number of hydrogen-bond acceptors (Lipinski definition) is 3. The molecule has 2 aliphatic rings. The molecule has 136 valence electrons. The number of amides is 3. The number of nitrogens with one attached hydrogen (secondary N) is 2. The second kappa shape index (κ2) is 7.22. The first-order valence-electron chi connectivity index (χ1n) is 8.56. The minimum Gasteiger partial charge on any atom is -0.381 e. The molecule has 3 amide bonds. The van der Waals surface area contributed by atoms with Crippen LogP contribution in [0, 0.1) is 18.3 Å². The molecule has 6 nitrogen and oxygen atoms in total. The lowest BCUT2D eigenvalue weighted by atomic mass is 9.72. The zero-order chi connectivity index (χ0) is 18.0. The maximum atomic E-state index is 12.7. The number of halogens is 1. The number of carbonyl (C=O) groups is 2. The van der Waals surface area contributed by atoms with Crippen LogP contribution in [0.5, 0.6) is 0 Å². The predicted octanol–water partition coefficient (Wildman–Crippen LogP) is 2.65. The Hall–Kier alpha value is -1.79. The van der Waals surface area contributed by atoms with Gasteiger partial charge >= 0.3 is 6.03 Å². The molecule has 2 heterocycles. The summed E-state index contributed by atoms with van der Waals surface area (Å²) in [6.45, 7) is 4.18. The Kier molecular flexibility index (Phi) is 5.20. The monoisotopic (exact) mass is 365 g/mol. The van der Waals surface area contributed by atoms with Gasteiger partial charge in [0.1, 0.15) is 0 Å². The van der Waals surface area contributed by atoms with Crippen molar-refractivity contribution in [3.8, 4) is 0 Å². The molecule has 0 aliphatic carbocycles. The minimum absolute atomic E-state index is 0.00409. The molecule has 2 N–H and O–H groups in total. The Labute approximate surface area is 152 Å². The zero-order valence-corrected chi connectivity index (χ0v) is 15.4. The molecule has 0 saturated carbocycles. The van der Waals surface area contributed by atoms with Crippen molar-refractivity contribution < 1.29 is 14.3 Å². The maximum absolute atomic E-state index is 12.7. The molecule has 0 bridgehead atoms. The normalized spacial score (nSPS) is 22.0. The molecule has 7 heteroatoms. The number of nitrogens with zero attached hydrogens (tertiary/aromatic N) is 1. The number of hydrogen-bond donors (Lipinski definition) is 2. The van der Waals surface area contributed by atoms with E-state index >= 15 is 0 Å². The first-order valence-corrected chi connectivity index (χ1v) is 8.94. The van der Waals surface area contributed by atoms with Gasteiger partial charge in [-0.2, -0.15) is 0 Å². The lowest BCUT2D eigenvalue weighted by Crippen LogP contribution is -2.43. The summed E-state index contributed by atoms with van der Waals surface area (Å²) < 4.78 is 5.47. The molecule has 2 saturated heterocycles. The highest BCUT2D eigenvalue weighted by molar-refractivity contribution is 6.31. The Balaban J connectivity index is 1.74. The highest BCUT2D eigenvalue weighted by Crippen LogP contribution is 2.44. The van der Waals surface area contributed by atoms with Gasteiger partial charge < -0.3 is 20.3 Å². The van der Waals surface area contributed by atoms with Crippen molar-refractivity contribution in [3.63, 3.8) is 0 Å². The van der Waals surface area contributed by atoms with E-state index in [4.69, 9.17) is 16.3 Å². The Morgan fingerprint density at radius 2 is 2.04 bits per heavy atom. The van der Waals surface area contributed by atoms with Crippen molar-refractivity contribution in [3.05, 3.63) is 28.8 Å². The van der Waals surface area contributed by atoms with E-state index in [0.29, 0.717) is 37.0 Å². The lowest BCUT2D eigenvalue weighted by Gasteiger charge is -2.36. The van der Waals surface area contributed by atoms with Crippen LogP contribution in [-0.2, 0) is 9.53 Å². The summed E-state index contributed by atoms with van der Waals surface area (Å²) in [5, 5.41) is 6.25. The van der Waals surface area contributed by atoms with Gasteiger partial charge in [-0.15, -0.1) is 0 Å². The highest BCUT2D eigenvalue weighted by Gasteiger charge is 2.51. The maximum Gasteiger partial charge on any atom is 0.321 e. The second-order valence-corrected chi connectivity index (χ2v) is 7.32. The molecular formula is C18H24ClN3O3. The van der Waals surface area contributed by atoms with Crippen molar-refractivity contribution in [1.29, 1.82) is 0 Å².